The third-order valence-electron chi connectivity index (χ3n) is 3.86. The number of carboxylic acid groups (broad SMARTS) is 3. The topological polar surface area (TPSA) is 233 Å². The van der Waals surface area contributed by atoms with E-state index in [0.29, 0.717) is 0 Å². The predicted octanol–water partition coefficient (Wildman–Crippen LogP) is -0.756. The van der Waals surface area contributed by atoms with Crippen molar-refractivity contribution >= 4 is 17.9 Å². The van der Waals surface area contributed by atoms with Gasteiger partial charge in [-0.1, -0.05) is 19.7 Å². The largest absolute Gasteiger partial charge is 0.478 e. The van der Waals surface area contributed by atoms with Crippen molar-refractivity contribution in [1.29, 1.82) is 0 Å². The van der Waals surface area contributed by atoms with Crippen LogP contribution in [0.5, 0.6) is 0 Å². The lowest BCUT2D eigenvalue weighted by Crippen LogP contribution is -2.45. The Morgan fingerprint density at radius 2 is 0.636 bits per heavy atom. The second kappa shape index (κ2) is 20.0. The molecule has 0 fully saturated rings. The third-order valence-corrected chi connectivity index (χ3v) is 3.86. The second-order valence-corrected chi connectivity index (χ2v) is 7.38. The number of aliphatic carboxylic acids is 3. The van der Waals surface area contributed by atoms with Gasteiger partial charge in [0.2, 0.25) is 0 Å². The Hall–Kier alpha value is -2.61. The first-order valence-corrected chi connectivity index (χ1v) is 9.32. The molecule has 12 nitrogen and oxygen atoms in total. The van der Waals surface area contributed by atoms with Crippen molar-refractivity contribution in [2.45, 2.75) is 27.2 Å². The second-order valence-electron chi connectivity index (χ2n) is 7.38. The van der Waals surface area contributed by atoms with Crippen molar-refractivity contribution in [3.05, 3.63) is 36.5 Å². The zero-order valence-corrected chi connectivity index (χ0v) is 19.3. The van der Waals surface area contributed by atoms with Crippen molar-refractivity contribution in [1.82, 2.24) is 0 Å². The quantitative estimate of drug-likeness (QED) is 0.165. The molecule has 0 saturated heterocycles. The Morgan fingerprint density at radius 3 is 0.697 bits per heavy atom. The minimum absolute atomic E-state index is 0.0625. The van der Waals surface area contributed by atoms with Crippen molar-refractivity contribution in [3.8, 4) is 0 Å². The molecular weight excluding hydrogens is 444 g/mol. The minimum atomic E-state index is -1.20. The van der Waals surface area contributed by atoms with Gasteiger partial charge in [0.25, 0.3) is 0 Å². The molecule has 194 valence electrons. The zero-order chi connectivity index (χ0) is 27.4. The summed E-state index contributed by atoms with van der Waals surface area (Å²) in [6, 6.07) is 0. The van der Waals surface area contributed by atoms with Gasteiger partial charge in [-0.3, -0.25) is 0 Å². The maximum atomic E-state index is 9.60. The molecule has 0 heterocycles. The van der Waals surface area contributed by atoms with E-state index in [1.54, 1.807) is 0 Å². The summed E-state index contributed by atoms with van der Waals surface area (Å²) in [5.74, 6) is -2.81. The molecule has 0 aromatic heterocycles. The summed E-state index contributed by atoms with van der Waals surface area (Å²) in [4.78, 5) is 28.8. The van der Waals surface area contributed by atoms with Gasteiger partial charge in [0.15, 0.2) is 0 Å². The predicted molar refractivity (Wildman–Crippen MR) is 119 cm³/mol. The highest BCUT2D eigenvalue weighted by Gasteiger charge is 2.40. The van der Waals surface area contributed by atoms with Crippen molar-refractivity contribution in [2.24, 2.45) is 10.8 Å². The van der Waals surface area contributed by atoms with E-state index in [-0.39, 0.29) is 23.1 Å². The van der Waals surface area contributed by atoms with E-state index >= 15 is 0 Å². The van der Waals surface area contributed by atoms with Crippen molar-refractivity contribution in [2.75, 3.05) is 39.6 Å². The number of carboxylic acids is 3. The first kappa shape index (κ1) is 37.7. The third kappa shape index (κ3) is 19.8. The van der Waals surface area contributed by atoms with Crippen LogP contribution in [-0.4, -0.2) is 104 Å². The van der Waals surface area contributed by atoms with E-state index in [4.69, 9.17) is 46.0 Å². The fourth-order valence-corrected chi connectivity index (χ4v) is 1.43. The Balaban J connectivity index is -0.000000193. The summed E-state index contributed by atoms with van der Waals surface area (Å²) < 4.78 is 0. The van der Waals surface area contributed by atoms with Crippen LogP contribution >= 0.6 is 0 Å². The fraction of sp³-hybridized carbons (Fsp3) is 0.571. The molecule has 0 aromatic rings. The Labute approximate surface area is 193 Å². The normalized spacial score (nSPS) is 10.1. The van der Waals surface area contributed by atoms with Gasteiger partial charge in [-0.2, -0.15) is 0 Å². The lowest BCUT2D eigenvalue weighted by molar-refractivity contribution is -0.133. The number of aliphatic hydroxyl groups excluding tert-OH is 6. The molecule has 0 aromatic carbocycles. The molecule has 0 saturated carbocycles. The van der Waals surface area contributed by atoms with Gasteiger partial charge in [0, 0.05) is 27.5 Å². The molecule has 0 amide bonds. The zero-order valence-electron chi connectivity index (χ0n) is 19.3. The number of hydrogen-bond donors (Lipinski definition) is 9. The Kier molecular flexibility index (Phi) is 22.9. The summed E-state index contributed by atoms with van der Waals surface area (Å²) in [6.45, 7) is 10.9. The van der Waals surface area contributed by atoms with Gasteiger partial charge in [-0.15, -0.1) is 0 Å². The van der Waals surface area contributed by atoms with Crippen LogP contribution in [0.4, 0.5) is 0 Å². The van der Waals surface area contributed by atoms with E-state index in [2.05, 4.69) is 19.7 Å². The van der Waals surface area contributed by atoms with Gasteiger partial charge in [-0.05, 0) is 27.2 Å². The average Bonchev–Trinajstić information content (AvgIpc) is 2.76. The maximum absolute atomic E-state index is 9.60. The Morgan fingerprint density at radius 1 is 0.515 bits per heavy atom. The first-order chi connectivity index (χ1) is 15.0. The van der Waals surface area contributed by atoms with E-state index in [1.807, 2.05) is 0 Å². The minimum Gasteiger partial charge on any atom is -0.478 e. The number of aliphatic hydroxyl groups is 6. The summed E-state index contributed by atoms with van der Waals surface area (Å²) in [5.41, 5.74) is -1.87. The van der Waals surface area contributed by atoms with Crippen LogP contribution in [-0.2, 0) is 14.4 Å². The van der Waals surface area contributed by atoms with Crippen LogP contribution in [0.25, 0.3) is 0 Å². The molecule has 0 bridgehead atoms. The summed E-state index contributed by atoms with van der Waals surface area (Å²) in [5, 5.41) is 78.0. The number of carbonyl (C=O) groups is 3. The molecular formula is C21H38O12. The monoisotopic (exact) mass is 482 g/mol. The van der Waals surface area contributed by atoms with Crippen molar-refractivity contribution in [3.63, 3.8) is 0 Å². The molecule has 0 radical (unpaired) electrons. The Bertz CT molecular complexity index is 504. The van der Waals surface area contributed by atoms with Gasteiger partial charge in [0.1, 0.15) is 0 Å². The van der Waals surface area contributed by atoms with E-state index in [1.165, 1.54) is 20.8 Å². The smallest absolute Gasteiger partial charge is 0.330 e. The highest BCUT2D eigenvalue weighted by atomic mass is 16.4. The molecule has 0 rings (SSSR count). The molecule has 9 N–H and O–H groups in total. The summed E-state index contributed by atoms with van der Waals surface area (Å²) in [6.07, 6.45) is -0.0625. The molecule has 0 aliphatic carbocycles. The van der Waals surface area contributed by atoms with Crippen LogP contribution in [0.1, 0.15) is 27.2 Å². The number of hydrogen-bond acceptors (Lipinski definition) is 9. The molecule has 0 aliphatic rings. The SMILES string of the molecule is C=C(C)C(=O)O.C=C(C)C(=O)O.C=C(C)C(=O)O.OCC(CO)(CO)CC(CO)(CO)CO. The van der Waals surface area contributed by atoms with Gasteiger partial charge in [0.05, 0.1) is 39.6 Å². The molecule has 0 aliphatic heterocycles. The molecule has 0 unspecified atom stereocenters. The summed E-state index contributed by atoms with van der Waals surface area (Å²) in [7, 11) is 0. The maximum Gasteiger partial charge on any atom is 0.330 e. The molecule has 0 spiro atoms. The van der Waals surface area contributed by atoms with Crippen LogP contribution in [0.15, 0.2) is 36.5 Å². The molecule has 33 heavy (non-hydrogen) atoms. The van der Waals surface area contributed by atoms with E-state index in [9.17, 15) is 14.4 Å². The van der Waals surface area contributed by atoms with E-state index in [0.717, 1.165) is 0 Å². The molecule has 0 atom stereocenters. The van der Waals surface area contributed by atoms with Gasteiger partial charge < -0.3 is 46.0 Å². The van der Waals surface area contributed by atoms with Crippen LogP contribution in [0.3, 0.4) is 0 Å². The highest BCUT2D eigenvalue weighted by Crippen LogP contribution is 2.33. The van der Waals surface area contributed by atoms with Crippen molar-refractivity contribution < 1.29 is 60.3 Å². The van der Waals surface area contributed by atoms with Gasteiger partial charge >= 0.3 is 17.9 Å². The first-order valence-electron chi connectivity index (χ1n) is 9.32. The average molecular weight is 483 g/mol. The standard InChI is InChI=1S/C9H20O6.3C4H6O2/c10-2-8(3-11,4-12)1-9(5-13,6-14)7-15;3*1-3(2)4(5)6/h10-15H,1-7H2;3*1H2,2H3,(H,5,6). The lowest BCUT2D eigenvalue weighted by Gasteiger charge is -2.37. The molecule has 12 heteroatoms. The van der Waals surface area contributed by atoms with Crippen LogP contribution < -0.4 is 0 Å². The fourth-order valence-electron chi connectivity index (χ4n) is 1.43. The lowest BCUT2D eigenvalue weighted by atomic mass is 9.73. The van der Waals surface area contributed by atoms with Crippen LogP contribution in [0.2, 0.25) is 0 Å². The summed E-state index contributed by atoms with van der Waals surface area (Å²) >= 11 is 0. The van der Waals surface area contributed by atoms with Crippen LogP contribution in [0, 0.1) is 10.8 Å². The highest BCUT2D eigenvalue weighted by molar-refractivity contribution is 5.85. The van der Waals surface area contributed by atoms with Gasteiger partial charge in [-0.25, -0.2) is 14.4 Å². The van der Waals surface area contributed by atoms with E-state index < -0.39 is 68.4 Å². The number of rotatable bonds is 11.